The van der Waals surface area contributed by atoms with Gasteiger partial charge >= 0.3 is 16.2 Å². The molecule has 86 valence electrons. The molecule has 0 saturated carbocycles. The SMILES string of the molecule is CC[N+](CC)(CS(=O)(=O)O)C(C)(F)F. The van der Waals surface area contributed by atoms with Gasteiger partial charge in [0.25, 0.3) is 0 Å². The summed E-state index contributed by atoms with van der Waals surface area (Å²) < 4.78 is 55.2. The minimum absolute atomic E-state index is 0.0558. The van der Waals surface area contributed by atoms with Crippen LogP contribution >= 0.6 is 0 Å². The molecule has 0 saturated heterocycles. The maximum Gasteiger partial charge on any atom is 0.388 e. The zero-order chi connectivity index (χ0) is 11.6. The van der Waals surface area contributed by atoms with Crippen molar-refractivity contribution in [3.63, 3.8) is 0 Å². The van der Waals surface area contributed by atoms with Crippen molar-refractivity contribution in [2.24, 2.45) is 0 Å². The summed E-state index contributed by atoms with van der Waals surface area (Å²) in [4.78, 5) is 0. The van der Waals surface area contributed by atoms with Crippen LogP contribution in [0.5, 0.6) is 0 Å². The summed E-state index contributed by atoms with van der Waals surface area (Å²) >= 11 is 0. The average Bonchev–Trinajstić information content (AvgIpc) is 1.96. The van der Waals surface area contributed by atoms with Crippen LogP contribution in [0.3, 0.4) is 0 Å². The molecule has 14 heavy (non-hydrogen) atoms. The van der Waals surface area contributed by atoms with E-state index in [1.807, 2.05) is 0 Å². The van der Waals surface area contributed by atoms with Gasteiger partial charge in [-0.3, -0.25) is 4.55 Å². The van der Waals surface area contributed by atoms with Crippen LogP contribution in [-0.2, 0) is 10.1 Å². The average molecular weight is 232 g/mol. The highest BCUT2D eigenvalue weighted by atomic mass is 32.2. The molecule has 0 aliphatic rings. The normalized spacial score (nSPS) is 14.4. The summed E-state index contributed by atoms with van der Waals surface area (Å²) in [5.41, 5.74) is 0. The number of alkyl halides is 2. The van der Waals surface area contributed by atoms with Gasteiger partial charge in [-0.05, 0) is 13.8 Å². The number of quaternary nitrogens is 1. The molecule has 0 amide bonds. The van der Waals surface area contributed by atoms with Crippen LogP contribution in [0.25, 0.3) is 0 Å². The van der Waals surface area contributed by atoms with Gasteiger partial charge in [-0.15, -0.1) is 8.78 Å². The molecule has 0 unspecified atom stereocenters. The summed E-state index contributed by atoms with van der Waals surface area (Å²) in [6, 6.07) is -3.18. The molecular formula is C7H16F2NO3S+. The first-order valence-electron chi connectivity index (χ1n) is 4.27. The van der Waals surface area contributed by atoms with E-state index >= 15 is 0 Å². The van der Waals surface area contributed by atoms with Crippen LogP contribution in [0.2, 0.25) is 0 Å². The number of nitrogens with zero attached hydrogens (tertiary/aromatic N) is 1. The lowest BCUT2D eigenvalue weighted by molar-refractivity contribution is -0.995. The Morgan fingerprint density at radius 1 is 1.29 bits per heavy atom. The maximum absolute atomic E-state index is 13.2. The first-order chi connectivity index (χ1) is 6.08. The van der Waals surface area contributed by atoms with E-state index in [0.717, 1.165) is 0 Å². The molecule has 0 fully saturated rings. The highest BCUT2D eigenvalue weighted by Gasteiger charge is 2.49. The van der Waals surface area contributed by atoms with E-state index in [0.29, 0.717) is 6.92 Å². The first kappa shape index (κ1) is 13.7. The quantitative estimate of drug-likeness (QED) is 0.441. The minimum atomic E-state index is -4.40. The molecular weight excluding hydrogens is 216 g/mol. The fourth-order valence-corrected chi connectivity index (χ4v) is 2.60. The zero-order valence-electron chi connectivity index (χ0n) is 8.50. The molecule has 0 radical (unpaired) electrons. The maximum atomic E-state index is 13.2. The Hall–Kier alpha value is -0.270. The second kappa shape index (κ2) is 4.08. The lowest BCUT2D eigenvalue weighted by Gasteiger charge is -2.39. The topological polar surface area (TPSA) is 54.4 Å². The Bertz CT molecular complexity index is 280. The molecule has 0 rings (SSSR count). The van der Waals surface area contributed by atoms with E-state index in [2.05, 4.69) is 0 Å². The Balaban J connectivity index is 5.11. The van der Waals surface area contributed by atoms with E-state index in [1.54, 1.807) is 0 Å². The molecule has 0 aliphatic carbocycles. The van der Waals surface area contributed by atoms with E-state index in [-0.39, 0.29) is 13.1 Å². The lowest BCUT2D eigenvalue weighted by Crippen LogP contribution is -2.60. The van der Waals surface area contributed by atoms with Crippen molar-refractivity contribution in [2.75, 3.05) is 19.0 Å². The number of hydrogen-bond donors (Lipinski definition) is 1. The van der Waals surface area contributed by atoms with Crippen LogP contribution < -0.4 is 0 Å². The number of rotatable bonds is 5. The number of halogens is 2. The Morgan fingerprint density at radius 3 is 1.71 bits per heavy atom. The Kier molecular flexibility index (Phi) is 4.00. The Morgan fingerprint density at radius 2 is 1.64 bits per heavy atom. The molecule has 1 N–H and O–H groups in total. The lowest BCUT2D eigenvalue weighted by atomic mass is 10.3. The van der Waals surface area contributed by atoms with Crippen LogP contribution in [-0.4, -0.2) is 42.5 Å². The summed E-state index contributed by atoms with van der Waals surface area (Å²) in [5.74, 6) is -0.955. The van der Waals surface area contributed by atoms with Crippen LogP contribution in [0.4, 0.5) is 8.78 Å². The third-order valence-electron chi connectivity index (χ3n) is 2.45. The standard InChI is InChI=1S/C7H15F2NO3S/c1-4-10(5-2,7(3,8)9)6-14(11,12)13/h4-6H2,1-3H3/p+1. The van der Waals surface area contributed by atoms with E-state index in [9.17, 15) is 17.2 Å². The molecule has 0 aromatic rings. The van der Waals surface area contributed by atoms with Crippen molar-refractivity contribution < 1.29 is 26.2 Å². The van der Waals surface area contributed by atoms with Gasteiger partial charge in [0, 0.05) is 0 Å². The van der Waals surface area contributed by atoms with Gasteiger partial charge in [0.05, 0.1) is 20.0 Å². The summed E-state index contributed by atoms with van der Waals surface area (Å²) in [7, 11) is -4.40. The summed E-state index contributed by atoms with van der Waals surface area (Å²) in [6.45, 7) is 3.48. The van der Waals surface area contributed by atoms with Crippen LogP contribution in [0.15, 0.2) is 0 Å². The fourth-order valence-electron chi connectivity index (χ4n) is 1.39. The second-order valence-corrected chi connectivity index (χ2v) is 4.75. The summed E-state index contributed by atoms with van der Waals surface area (Å²) in [5, 5.41) is 0. The minimum Gasteiger partial charge on any atom is -0.281 e. The van der Waals surface area contributed by atoms with Gasteiger partial charge < -0.3 is 0 Å². The molecule has 0 aromatic heterocycles. The molecule has 0 bridgehead atoms. The van der Waals surface area contributed by atoms with Crippen molar-refractivity contribution in [3.05, 3.63) is 0 Å². The van der Waals surface area contributed by atoms with Gasteiger partial charge in [0.15, 0.2) is 0 Å². The van der Waals surface area contributed by atoms with Gasteiger partial charge in [0.1, 0.15) is 0 Å². The molecule has 0 atom stereocenters. The van der Waals surface area contributed by atoms with Gasteiger partial charge in [0.2, 0.25) is 5.88 Å². The Labute approximate surface area is 82.9 Å². The van der Waals surface area contributed by atoms with E-state index in [1.165, 1.54) is 13.8 Å². The van der Waals surface area contributed by atoms with Crippen molar-refractivity contribution in [3.8, 4) is 0 Å². The molecule has 0 spiro atoms. The van der Waals surface area contributed by atoms with Gasteiger partial charge in [-0.2, -0.15) is 8.42 Å². The van der Waals surface area contributed by atoms with Crippen molar-refractivity contribution in [1.29, 1.82) is 0 Å². The fraction of sp³-hybridized carbons (Fsp3) is 1.00. The van der Waals surface area contributed by atoms with Crippen molar-refractivity contribution in [2.45, 2.75) is 26.8 Å². The third-order valence-corrected chi connectivity index (χ3v) is 3.27. The summed E-state index contributed by atoms with van der Waals surface area (Å²) in [6.07, 6.45) is 0. The molecule has 0 aliphatic heterocycles. The highest BCUT2D eigenvalue weighted by molar-refractivity contribution is 7.85. The highest BCUT2D eigenvalue weighted by Crippen LogP contribution is 2.28. The van der Waals surface area contributed by atoms with Gasteiger partial charge in [-0.25, -0.2) is 4.48 Å². The van der Waals surface area contributed by atoms with Gasteiger partial charge in [-0.1, -0.05) is 0 Å². The zero-order valence-corrected chi connectivity index (χ0v) is 9.31. The number of hydrogen-bond acceptors (Lipinski definition) is 2. The third kappa shape index (κ3) is 3.14. The first-order valence-corrected chi connectivity index (χ1v) is 5.88. The van der Waals surface area contributed by atoms with Crippen LogP contribution in [0, 0.1) is 0 Å². The smallest absolute Gasteiger partial charge is 0.281 e. The van der Waals surface area contributed by atoms with Crippen LogP contribution in [0.1, 0.15) is 20.8 Å². The van der Waals surface area contributed by atoms with Crippen molar-refractivity contribution in [1.82, 2.24) is 0 Å². The van der Waals surface area contributed by atoms with E-state index in [4.69, 9.17) is 4.55 Å². The molecule has 0 aromatic carbocycles. The molecule has 0 heterocycles. The second-order valence-electron chi connectivity index (χ2n) is 3.33. The van der Waals surface area contributed by atoms with E-state index < -0.39 is 26.5 Å². The molecule has 7 heteroatoms. The molecule has 4 nitrogen and oxygen atoms in total. The predicted molar refractivity (Wildman–Crippen MR) is 48.4 cm³/mol. The largest absolute Gasteiger partial charge is 0.388 e. The monoisotopic (exact) mass is 232 g/mol. The van der Waals surface area contributed by atoms with Crippen molar-refractivity contribution >= 4 is 10.1 Å². The predicted octanol–water partition coefficient (Wildman–Crippen LogP) is 1.30.